The molecule has 0 heterocycles. The van der Waals surface area contributed by atoms with E-state index in [2.05, 4.69) is 21.9 Å². The summed E-state index contributed by atoms with van der Waals surface area (Å²) >= 11 is 12.1. The Kier molecular flexibility index (Phi) is 11.2. The Bertz CT molecular complexity index is 1300. The van der Waals surface area contributed by atoms with Crippen LogP contribution in [0, 0.1) is 12.8 Å². The molecule has 0 spiro atoms. The molecule has 0 aliphatic rings. The number of halogens is 2. The summed E-state index contributed by atoms with van der Waals surface area (Å²) in [7, 11) is 0. The summed E-state index contributed by atoms with van der Waals surface area (Å²) < 4.78 is 11.5. The lowest BCUT2D eigenvalue weighted by atomic mass is 10.0. The van der Waals surface area contributed by atoms with Crippen LogP contribution in [0.3, 0.4) is 0 Å². The van der Waals surface area contributed by atoms with Crippen LogP contribution >= 0.6 is 23.2 Å². The zero-order chi connectivity index (χ0) is 28.4. The molecule has 0 unspecified atom stereocenters. The van der Waals surface area contributed by atoms with E-state index in [4.69, 9.17) is 32.7 Å². The molecule has 0 aliphatic heterocycles. The summed E-state index contributed by atoms with van der Waals surface area (Å²) in [5.41, 5.74) is 5.59. The average molecular weight is 571 g/mol. The minimum absolute atomic E-state index is 0.152. The lowest BCUT2D eigenvalue weighted by molar-refractivity contribution is -0.132. The molecule has 2 N–H and O–H groups in total. The molecule has 0 aromatic heterocycles. The normalized spacial score (nSPS) is 12.7. The quantitative estimate of drug-likeness (QED) is 0.197. The Morgan fingerprint density at radius 3 is 2.38 bits per heavy atom. The van der Waals surface area contributed by atoms with Gasteiger partial charge in [-0.25, -0.2) is 5.43 Å². The molecule has 3 aromatic rings. The molecule has 0 aliphatic carbocycles. The second-order valence-electron chi connectivity index (χ2n) is 9.61. The number of carbonyl (C=O) groups is 2. The van der Waals surface area contributed by atoms with Gasteiger partial charge in [0.1, 0.15) is 24.1 Å². The maximum absolute atomic E-state index is 12.8. The van der Waals surface area contributed by atoms with Gasteiger partial charge in [0, 0.05) is 5.02 Å². The molecule has 0 radical (unpaired) electrons. The third-order valence-corrected chi connectivity index (χ3v) is 6.19. The minimum Gasteiger partial charge on any atom is -0.489 e. The molecule has 39 heavy (non-hydrogen) atoms. The lowest BCUT2D eigenvalue weighted by Crippen LogP contribution is -2.49. The topological polar surface area (TPSA) is 89.0 Å². The Balaban J connectivity index is 1.53. The van der Waals surface area contributed by atoms with Crippen molar-refractivity contribution in [3.8, 4) is 11.5 Å². The second kappa shape index (κ2) is 14.6. The third-order valence-electron chi connectivity index (χ3n) is 5.66. The molecule has 0 bridgehead atoms. The van der Waals surface area contributed by atoms with Crippen molar-refractivity contribution in [2.75, 3.05) is 0 Å². The van der Waals surface area contributed by atoms with Crippen molar-refractivity contribution in [1.29, 1.82) is 0 Å². The fraction of sp³-hybridized carbons (Fsp3) is 0.300. The molecule has 0 saturated carbocycles. The van der Waals surface area contributed by atoms with E-state index in [-0.39, 0.29) is 5.92 Å². The van der Waals surface area contributed by atoms with E-state index < -0.39 is 24.0 Å². The van der Waals surface area contributed by atoms with Gasteiger partial charge in [-0.1, -0.05) is 66.9 Å². The van der Waals surface area contributed by atoms with Gasteiger partial charge in [-0.05, 0) is 79.8 Å². The summed E-state index contributed by atoms with van der Waals surface area (Å²) in [5, 5.41) is 7.56. The van der Waals surface area contributed by atoms with Crippen molar-refractivity contribution < 1.29 is 19.1 Å². The SMILES string of the molecule is Cc1cccc(COc2ccc(/C=N\NC(=O)[C@@H](CC(C)C)NC(=O)[C@@H](C)Oc3ccc(Cl)cc3Cl)cc2)c1. The number of hydrogen-bond acceptors (Lipinski definition) is 5. The van der Waals surface area contributed by atoms with Crippen LogP contribution in [-0.4, -0.2) is 30.2 Å². The zero-order valence-electron chi connectivity index (χ0n) is 22.4. The molecule has 0 fully saturated rings. The Morgan fingerprint density at radius 2 is 1.72 bits per heavy atom. The zero-order valence-corrected chi connectivity index (χ0v) is 23.9. The smallest absolute Gasteiger partial charge is 0.262 e. The summed E-state index contributed by atoms with van der Waals surface area (Å²) in [4.78, 5) is 25.6. The molecule has 0 saturated heterocycles. The van der Waals surface area contributed by atoms with Gasteiger partial charge in [-0.2, -0.15) is 5.10 Å². The predicted octanol–water partition coefficient (Wildman–Crippen LogP) is 6.33. The first kappa shape index (κ1) is 30.0. The number of benzene rings is 3. The van der Waals surface area contributed by atoms with Crippen LogP contribution in [0.4, 0.5) is 0 Å². The summed E-state index contributed by atoms with van der Waals surface area (Å²) in [6.07, 6.45) is 1.07. The van der Waals surface area contributed by atoms with E-state index in [9.17, 15) is 9.59 Å². The summed E-state index contributed by atoms with van der Waals surface area (Å²) in [6.45, 7) is 8.03. The molecule has 3 aromatic carbocycles. The minimum atomic E-state index is -0.888. The Morgan fingerprint density at radius 1 is 0.974 bits per heavy atom. The van der Waals surface area contributed by atoms with E-state index in [1.807, 2.05) is 63.2 Å². The number of nitrogens with zero attached hydrogens (tertiary/aromatic N) is 1. The molecular weight excluding hydrogens is 537 g/mol. The first-order chi connectivity index (χ1) is 18.6. The van der Waals surface area contributed by atoms with Gasteiger partial charge in [0.05, 0.1) is 11.2 Å². The molecule has 7 nitrogen and oxygen atoms in total. The summed E-state index contributed by atoms with van der Waals surface area (Å²) in [6, 6.07) is 19.5. The summed E-state index contributed by atoms with van der Waals surface area (Å²) in [5.74, 6) is 0.327. The van der Waals surface area contributed by atoms with E-state index >= 15 is 0 Å². The number of carbonyl (C=O) groups excluding carboxylic acids is 2. The largest absolute Gasteiger partial charge is 0.489 e. The van der Waals surface area contributed by atoms with Crippen molar-refractivity contribution in [3.05, 3.63) is 93.5 Å². The number of amides is 2. The highest BCUT2D eigenvalue weighted by atomic mass is 35.5. The lowest BCUT2D eigenvalue weighted by Gasteiger charge is -2.22. The first-order valence-corrected chi connectivity index (χ1v) is 13.4. The van der Waals surface area contributed by atoms with Crippen LogP contribution in [-0.2, 0) is 16.2 Å². The second-order valence-corrected chi connectivity index (χ2v) is 10.5. The van der Waals surface area contributed by atoms with Gasteiger partial charge < -0.3 is 14.8 Å². The molecule has 206 valence electrons. The van der Waals surface area contributed by atoms with Crippen molar-refractivity contribution in [3.63, 3.8) is 0 Å². The van der Waals surface area contributed by atoms with Crippen LogP contribution in [0.25, 0.3) is 0 Å². The molecule has 9 heteroatoms. The van der Waals surface area contributed by atoms with Crippen LogP contribution in [0.5, 0.6) is 11.5 Å². The predicted molar refractivity (Wildman–Crippen MR) is 156 cm³/mol. The van der Waals surface area contributed by atoms with Gasteiger partial charge >= 0.3 is 0 Å². The van der Waals surface area contributed by atoms with Crippen molar-refractivity contribution in [2.45, 2.75) is 52.9 Å². The fourth-order valence-corrected chi connectivity index (χ4v) is 4.13. The van der Waals surface area contributed by atoms with Crippen molar-refractivity contribution in [2.24, 2.45) is 11.0 Å². The van der Waals surface area contributed by atoms with Gasteiger partial charge in [0.2, 0.25) is 0 Å². The monoisotopic (exact) mass is 569 g/mol. The number of hydrazone groups is 1. The van der Waals surface area contributed by atoms with Crippen molar-refractivity contribution >= 4 is 41.2 Å². The third kappa shape index (κ3) is 9.93. The maximum Gasteiger partial charge on any atom is 0.262 e. The van der Waals surface area contributed by atoms with Crippen LogP contribution in [0.2, 0.25) is 10.0 Å². The number of ether oxygens (including phenoxy) is 2. The first-order valence-electron chi connectivity index (χ1n) is 12.6. The molecular formula is C30H33Cl2N3O4. The Labute approximate surface area is 239 Å². The van der Waals surface area contributed by atoms with Gasteiger partial charge in [-0.3, -0.25) is 9.59 Å². The van der Waals surface area contributed by atoms with Gasteiger partial charge in [0.15, 0.2) is 6.10 Å². The average Bonchev–Trinajstić information content (AvgIpc) is 2.89. The van der Waals surface area contributed by atoms with Crippen LogP contribution < -0.4 is 20.2 Å². The fourth-order valence-electron chi connectivity index (χ4n) is 3.67. The van der Waals surface area contributed by atoms with E-state index in [1.54, 1.807) is 19.1 Å². The van der Waals surface area contributed by atoms with E-state index in [1.165, 1.54) is 17.8 Å². The highest BCUT2D eigenvalue weighted by molar-refractivity contribution is 6.35. The maximum atomic E-state index is 12.8. The van der Waals surface area contributed by atoms with Gasteiger partial charge in [-0.15, -0.1) is 0 Å². The van der Waals surface area contributed by atoms with Crippen LogP contribution in [0.15, 0.2) is 71.8 Å². The van der Waals surface area contributed by atoms with Gasteiger partial charge in [0.25, 0.3) is 11.8 Å². The standard InChI is InChI=1S/C30H33Cl2N3O4/c1-19(2)14-27(34-29(36)21(4)39-28-13-10-24(31)16-26(28)32)30(37)35-33-17-22-8-11-25(12-9-22)38-18-23-7-5-6-20(3)15-23/h5-13,15-17,19,21,27H,14,18H2,1-4H3,(H,34,36)(H,35,37)/b33-17-/t21-,27-/m1/s1. The molecule has 2 atom stereocenters. The molecule has 2 amide bonds. The van der Waals surface area contributed by atoms with E-state index in [0.717, 1.165) is 16.9 Å². The number of nitrogens with one attached hydrogen (secondary N) is 2. The van der Waals surface area contributed by atoms with E-state index in [0.29, 0.717) is 28.8 Å². The number of rotatable bonds is 12. The molecule has 3 rings (SSSR count). The number of aryl methyl sites for hydroxylation is 1. The Hall–Kier alpha value is -3.55. The van der Waals surface area contributed by atoms with Crippen molar-refractivity contribution in [1.82, 2.24) is 10.7 Å². The highest BCUT2D eigenvalue weighted by Crippen LogP contribution is 2.28. The van der Waals surface area contributed by atoms with Crippen LogP contribution in [0.1, 0.15) is 43.9 Å². The number of hydrogen-bond donors (Lipinski definition) is 2. The highest BCUT2D eigenvalue weighted by Gasteiger charge is 2.25.